The number of aromatic nitrogens is 3. The predicted molar refractivity (Wildman–Crippen MR) is 104 cm³/mol. The molecule has 2 aliphatic rings. The lowest BCUT2D eigenvalue weighted by molar-refractivity contribution is -0.122. The fourth-order valence-corrected chi connectivity index (χ4v) is 3.90. The maximum absolute atomic E-state index is 11.8. The molecule has 2 aromatic rings. The number of carbonyl (C=O) groups is 1. The fraction of sp³-hybridized carbons (Fsp3) is 0.500. The molecular formula is C20H23ClN4O3. The summed E-state index contributed by atoms with van der Waals surface area (Å²) in [6, 6.07) is 3.93. The summed E-state index contributed by atoms with van der Waals surface area (Å²) < 4.78 is 11.2. The third kappa shape index (κ3) is 4.04. The van der Waals surface area contributed by atoms with Crippen molar-refractivity contribution in [2.75, 3.05) is 20.3 Å². The summed E-state index contributed by atoms with van der Waals surface area (Å²) in [7, 11) is 1.63. The van der Waals surface area contributed by atoms with Crippen LogP contribution >= 0.6 is 11.6 Å². The number of pyridine rings is 1. The average molecular weight is 403 g/mol. The minimum atomic E-state index is -0.205. The number of aryl methyl sites for hydroxylation is 1. The zero-order valence-corrected chi connectivity index (χ0v) is 16.6. The van der Waals surface area contributed by atoms with Gasteiger partial charge in [-0.05, 0) is 25.5 Å². The van der Waals surface area contributed by atoms with Crippen LogP contribution < -0.4 is 14.8 Å². The van der Waals surface area contributed by atoms with Crippen LogP contribution in [0.1, 0.15) is 41.8 Å². The van der Waals surface area contributed by atoms with E-state index >= 15 is 0 Å². The van der Waals surface area contributed by atoms with Crippen LogP contribution in [0.25, 0.3) is 0 Å². The molecule has 2 fully saturated rings. The van der Waals surface area contributed by atoms with Gasteiger partial charge in [-0.1, -0.05) is 0 Å². The molecule has 1 amide bonds. The Morgan fingerprint density at radius 3 is 2.86 bits per heavy atom. The lowest BCUT2D eigenvalue weighted by Crippen LogP contribution is -2.40. The molecule has 1 N–H and O–H groups in total. The Kier molecular flexibility index (Phi) is 5.35. The van der Waals surface area contributed by atoms with Crippen LogP contribution in [0.4, 0.5) is 0 Å². The van der Waals surface area contributed by atoms with Crippen molar-refractivity contribution in [1.82, 2.24) is 20.3 Å². The lowest BCUT2D eigenvalue weighted by atomic mass is 9.91. The van der Waals surface area contributed by atoms with Gasteiger partial charge in [0.2, 0.25) is 11.8 Å². The number of methoxy groups -OCH3 is 1. The van der Waals surface area contributed by atoms with Crippen molar-refractivity contribution in [1.29, 1.82) is 0 Å². The van der Waals surface area contributed by atoms with Crippen LogP contribution in [0.2, 0.25) is 0 Å². The summed E-state index contributed by atoms with van der Waals surface area (Å²) in [6.07, 6.45) is 4.83. The van der Waals surface area contributed by atoms with Crippen molar-refractivity contribution in [3.63, 3.8) is 0 Å². The van der Waals surface area contributed by atoms with E-state index in [2.05, 4.69) is 20.3 Å². The standard InChI is InChI=1S/C20H23ClN4O3/c1-11-22-8-16(15-6-19(26)24-9-17(15)21)20(25-11)28-10-12-5-14(12)18-4-3-13(27-2)7-23-18/h3-4,7-8,12,14-15,17H,5-6,9-10H2,1-2H3,(H,24,26)/t12-,14+,15?,17?/m1/s1. The van der Waals surface area contributed by atoms with Gasteiger partial charge in [0.25, 0.3) is 0 Å². The normalized spacial score (nSPS) is 26.5. The molecule has 4 rings (SSSR count). The van der Waals surface area contributed by atoms with Crippen LogP contribution in [0, 0.1) is 12.8 Å². The lowest BCUT2D eigenvalue weighted by Gasteiger charge is -2.28. The van der Waals surface area contributed by atoms with Gasteiger partial charge in [0.05, 0.1) is 25.3 Å². The minimum absolute atomic E-state index is 0.0127. The average Bonchev–Trinajstić information content (AvgIpc) is 3.48. The van der Waals surface area contributed by atoms with E-state index in [1.54, 1.807) is 19.5 Å². The van der Waals surface area contributed by atoms with Crippen LogP contribution in [0.3, 0.4) is 0 Å². The van der Waals surface area contributed by atoms with Crippen molar-refractivity contribution < 1.29 is 14.3 Å². The zero-order valence-electron chi connectivity index (χ0n) is 15.9. The van der Waals surface area contributed by atoms with E-state index in [0.717, 1.165) is 23.4 Å². The first-order valence-corrected chi connectivity index (χ1v) is 9.86. The molecule has 1 aliphatic heterocycles. The van der Waals surface area contributed by atoms with Crippen molar-refractivity contribution in [3.05, 3.63) is 41.6 Å². The Morgan fingerprint density at radius 2 is 2.11 bits per heavy atom. The molecule has 0 bridgehead atoms. The van der Waals surface area contributed by atoms with Crippen LogP contribution in [-0.2, 0) is 4.79 Å². The molecule has 1 aliphatic carbocycles. The number of halogens is 1. The second kappa shape index (κ2) is 7.91. The summed E-state index contributed by atoms with van der Waals surface area (Å²) in [5.74, 6) is 2.54. The second-order valence-corrected chi connectivity index (χ2v) is 7.91. The summed E-state index contributed by atoms with van der Waals surface area (Å²) in [4.78, 5) is 25.1. The zero-order chi connectivity index (χ0) is 19.7. The highest BCUT2D eigenvalue weighted by Gasteiger charge is 2.40. The molecule has 148 valence electrons. The quantitative estimate of drug-likeness (QED) is 0.747. The Hall–Kier alpha value is -2.41. The molecular weight excluding hydrogens is 380 g/mol. The summed E-state index contributed by atoms with van der Waals surface area (Å²) in [5.41, 5.74) is 1.86. The topological polar surface area (TPSA) is 86.2 Å². The molecule has 1 saturated carbocycles. The molecule has 3 heterocycles. The van der Waals surface area contributed by atoms with Gasteiger partial charge in [-0.15, -0.1) is 11.6 Å². The van der Waals surface area contributed by atoms with E-state index < -0.39 is 0 Å². The van der Waals surface area contributed by atoms with Gasteiger partial charge >= 0.3 is 0 Å². The summed E-state index contributed by atoms with van der Waals surface area (Å²) >= 11 is 6.45. The highest BCUT2D eigenvalue weighted by Crippen LogP contribution is 2.47. The van der Waals surface area contributed by atoms with E-state index in [0.29, 0.717) is 43.1 Å². The molecule has 0 spiro atoms. The van der Waals surface area contributed by atoms with Gasteiger partial charge in [-0.3, -0.25) is 9.78 Å². The minimum Gasteiger partial charge on any atom is -0.495 e. The molecule has 8 heteroatoms. The SMILES string of the molecule is COc1ccc([C@H]2C[C@@H]2COc2nc(C)ncc2C2CC(=O)NCC2Cl)nc1. The van der Waals surface area contributed by atoms with Crippen LogP contribution in [0.15, 0.2) is 24.5 Å². The van der Waals surface area contributed by atoms with Crippen molar-refractivity contribution in [2.45, 2.75) is 37.0 Å². The first-order chi connectivity index (χ1) is 13.5. The molecule has 2 aromatic heterocycles. The molecule has 0 radical (unpaired) electrons. The predicted octanol–water partition coefficient (Wildman–Crippen LogP) is 2.58. The van der Waals surface area contributed by atoms with Gasteiger partial charge in [-0.25, -0.2) is 4.98 Å². The number of rotatable bonds is 6. The van der Waals surface area contributed by atoms with Gasteiger partial charge in [0.1, 0.15) is 11.6 Å². The number of hydrogen-bond acceptors (Lipinski definition) is 6. The number of amides is 1. The number of nitrogens with zero attached hydrogens (tertiary/aromatic N) is 3. The molecule has 7 nitrogen and oxygen atoms in total. The Morgan fingerprint density at radius 1 is 1.25 bits per heavy atom. The number of alkyl halides is 1. The van der Waals surface area contributed by atoms with E-state index in [1.165, 1.54) is 0 Å². The summed E-state index contributed by atoms with van der Waals surface area (Å²) in [5, 5.41) is 2.58. The van der Waals surface area contributed by atoms with Gasteiger partial charge in [-0.2, -0.15) is 4.98 Å². The van der Waals surface area contributed by atoms with E-state index in [4.69, 9.17) is 21.1 Å². The van der Waals surface area contributed by atoms with E-state index in [9.17, 15) is 4.79 Å². The number of hydrogen-bond donors (Lipinski definition) is 1. The van der Waals surface area contributed by atoms with Crippen LogP contribution in [-0.4, -0.2) is 46.5 Å². The van der Waals surface area contributed by atoms with Gasteiger partial charge < -0.3 is 14.8 Å². The Balaban J connectivity index is 1.43. The van der Waals surface area contributed by atoms with Crippen molar-refractivity contribution >= 4 is 17.5 Å². The molecule has 2 unspecified atom stereocenters. The highest BCUT2D eigenvalue weighted by atomic mass is 35.5. The smallest absolute Gasteiger partial charge is 0.220 e. The first-order valence-electron chi connectivity index (χ1n) is 9.42. The van der Waals surface area contributed by atoms with E-state index in [1.807, 2.05) is 19.1 Å². The van der Waals surface area contributed by atoms with Gasteiger partial charge in [0.15, 0.2) is 0 Å². The Bertz CT molecular complexity index is 861. The van der Waals surface area contributed by atoms with Gasteiger partial charge in [0, 0.05) is 48.2 Å². The first kappa shape index (κ1) is 18.9. The third-order valence-corrected chi connectivity index (χ3v) is 5.83. The van der Waals surface area contributed by atoms with Crippen molar-refractivity contribution in [3.8, 4) is 11.6 Å². The van der Waals surface area contributed by atoms with Crippen LogP contribution in [0.5, 0.6) is 11.6 Å². The maximum Gasteiger partial charge on any atom is 0.220 e. The molecule has 28 heavy (non-hydrogen) atoms. The number of carbonyl (C=O) groups excluding carboxylic acids is 1. The second-order valence-electron chi connectivity index (χ2n) is 7.34. The summed E-state index contributed by atoms with van der Waals surface area (Å²) in [6.45, 7) is 2.81. The molecule has 4 atom stereocenters. The number of nitrogens with one attached hydrogen (secondary N) is 1. The largest absolute Gasteiger partial charge is 0.495 e. The van der Waals surface area contributed by atoms with E-state index in [-0.39, 0.29) is 17.2 Å². The third-order valence-electron chi connectivity index (χ3n) is 5.37. The number of ether oxygens (including phenoxy) is 2. The number of piperidine rings is 1. The monoisotopic (exact) mass is 402 g/mol. The fourth-order valence-electron chi connectivity index (χ4n) is 3.60. The van der Waals surface area contributed by atoms with Crippen molar-refractivity contribution in [2.24, 2.45) is 5.92 Å². The highest BCUT2D eigenvalue weighted by molar-refractivity contribution is 6.22. The molecule has 0 aromatic carbocycles. The maximum atomic E-state index is 11.8. The molecule has 1 saturated heterocycles. The Labute approximate surface area is 168 Å².